The number of ether oxygens (including phenoxy) is 1. The first-order chi connectivity index (χ1) is 9.73. The first-order valence-corrected chi connectivity index (χ1v) is 7.31. The summed E-state index contributed by atoms with van der Waals surface area (Å²) in [4.78, 5) is 0. The van der Waals surface area contributed by atoms with Crippen molar-refractivity contribution >= 4 is 0 Å². The molecule has 20 heavy (non-hydrogen) atoms. The van der Waals surface area contributed by atoms with Crippen LogP contribution in [0.3, 0.4) is 0 Å². The standard InChI is InChI=1S/C18H21NO/c1-2-18(19,13-14-7-4-3-5-8-14)16-10-6-9-15-11-12-20-17(15)16/h3-10H,2,11-13,19H2,1H3. The number of hydrogen-bond donors (Lipinski definition) is 1. The Morgan fingerprint density at radius 3 is 2.65 bits per heavy atom. The van der Waals surface area contributed by atoms with Gasteiger partial charge in [-0.15, -0.1) is 0 Å². The van der Waals surface area contributed by atoms with E-state index in [1.165, 1.54) is 11.1 Å². The number of hydrogen-bond acceptors (Lipinski definition) is 2. The fraction of sp³-hybridized carbons (Fsp3) is 0.333. The number of para-hydroxylation sites is 1. The molecule has 2 nitrogen and oxygen atoms in total. The lowest BCUT2D eigenvalue weighted by Crippen LogP contribution is -2.38. The van der Waals surface area contributed by atoms with Gasteiger partial charge in [0.25, 0.3) is 0 Å². The number of nitrogens with two attached hydrogens (primary N) is 1. The molecule has 104 valence electrons. The lowest BCUT2D eigenvalue weighted by atomic mass is 9.81. The molecule has 0 aliphatic carbocycles. The Hall–Kier alpha value is -1.80. The highest BCUT2D eigenvalue weighted by molar-refractivity contribution is 5.48. The highest BCUT2D eigenvalue weighted by Gasteiger charge is 2.31. The van der Waals surface area contributed by atoms with E-state index < -0.39 is 0 Å². The van der Waals surface area contributed by atoms with Crippen molar-refractivity contribution in [2.24, 2.45) is 5.73 Å². The van der Waals surface area contributed by atoms with Gasteiger partial charge in [-0.1, -0.05) is 55.5 Å². The van der Waals surface area contributed by atoms with Crippen LogP contribution >= 0.6 is 0 Å². The summed E-state index contributed by atoms with van der Waals surface area (Å²) in [7, 11) is 0. The minimum Gasteiger partial charge on any atom is -0.493 e. The van der Waals surface area contributed by atoms with Gasteiger partial charge in [0.2, 0.25) is 0 Å². The highest BCUT2D eigenvalue weighted by Crippen LogP contribution is 2.38. The van der Waals surface area contributed by atoms with Crippen molar-refractivity contribution in [3.8, 4) is 5.75 Å². The average molecular weight is 267 g/mol. The number of rotatable bonds is 4. The second kappa shape index (κ2) is 5.29. The number of fused-ring (bicyclic) bond motifs is 1. The summed E-state index contributed by atoms with van der Waals surface area (Å²) >= 11 is 0. The van der Waals surface area contributed by atoms with Gasteiger partial charge in [-0.3, -0.25) is 0 Å². The van der Waals surface area contributed by atoms with Gasteiger partial charge < -0.3 is 10.5 Å². The van der Waals surface area contributed by atoms with Crippen LogP contribution in [0.5, 0.6) is 5.75 Å². The predicted molar refractivity (Wildman–Crippen MR) is 81.9 cm³/mol. The molecule has 0 bridgehead atoms. The summed E-state index contributed by atoms with van der Waals surface area (Å²) in [6, 6.07) is 16.8. The first kappa shape index (κ1) is 13.2. The molecule has 1 atom stereocenters. The lowest BCUT2D eigenvalue weighted by molar-refractivity contribution is 0.334. The van der Waals surface area contributed by atoms with Gasteiger partial charge in [0.15, 0.2) is 0 Å². The van der Waals surface area contributed by atoms with Gasteiger partial charge in [-0.05, 0) is 24.0 Å². The van der Waals surface area contributed by atoms with E-state index in [0.717, 1.165) is 37.2 Å². The van der Waals surface area contributed by atoms with Crippen LogP contribution in [0.1, 0.15) is 30.0 Å². The van der Waals surface area contributed by atoms with Gasteiger partial charge in [0, 0.05) is 17.5 Å². The normalized spacial score (nSPS) is 16.3. The van der Waals surface area contributed by atoms with Crippen molar-refractivity contribution in [3.05, 3.63) is 65.2 Å². The molecule has 2 N–H and O–H groups in total. The van der Waals surface area contributed by atoms with E-state index in [1.54, 1.807) is 0 Å². The summed E-state index contributed by atoms with van der Waals surface area (Å²) in [5.41, 5.74) is 10.1. The third kappa shape index (κ3) is 2.32. The van der Waals surface area contributed by atoms with Gasteiger partial charge in [0.1, 0.15) is 5.75 Å². The summed E-state index contributed by atoms with van der Waals surface area (Å²) in [5.74, 6) is 1.02. The van der Waals surface area contributed by atoms with E-state index in [4.69, 9.17) is 10.5 Å². The minimum atomic E-state index is -0.364. The Morgan fingerprint density at radius 1 is 1.10 bits per heavy atom. The van der Waals surface area contributed by atoms with Crippen molar-refractivity contribution in [1.29, 1.82) is 0 Å². The smallest absolute Gasteiger partial charge is 0.127 e. The second-order valence-electron chi connectivity index (χ2n) is 5.56. The van der Waals surface area contributed by atoms with E-state index >= 15 is 0 Å². The molecule has 0 saturated heterocycles. The van der Waals surface area contributed by atoms with E-state index in [0.29, 0.717) is 0 Å². The molecule has 1 aliphatic rings. The molecule has 0 radical (unpaired) electrons. The largest absolute Gasteiger partial charge is 0.493 e. The van der Waals surface area contributed by atoms with Crippen molar-refractivity contribution in [3.63, 3.8) is 0 Å². The molecule has 2 heteroatoms. The molecule has 1 unspecified atom stereocenters. The maximum atomic E-state index is 6.74. The monoisotopic (exact) mass is 267 g/mol. The molecule has 2 aromatic rings. The average Bonchev–Trinajstić information content (AvgIpc) is 2.96. The van der Waals surface area contributed by atoms with Crippen molar-refractivity contribution in [2.75, 3.05) is 6.61 Å². The Morgan fingerprint density at radius 2 is 1.90 bits per heavy atom. The Labute approximate surface area is 120 Å². The summed E-state index contributed by atoms with van der Waals surface area (Å²) < 4.78 is 5.84. The van der Waals surface area contributed by atoms with Crippen LogP contribution in [-0.4, -0.2) is 6.61 Å². The van der Waals surface area contributed by atoms with Gasteiger partial charge in [-0.2, -0.15) is 0 Å². The van der Waals surface area contributed by atoms with Crippen LogP contribution in [0, 0.1) is 0 Å². The molecule has 1 heterocycles. The summed E-state index contributed by atoms with van der Waals surface area (Å²) in [6.45, 7) is 2.93. The molecule has 0 fully saturated rings. The number of benzene rings is 2. The molecule has 0 amide bonds. The zero-order chi connectivity index (χ0) is 14.0. The van der Waals surface area contributed by atoms with Crippen LogP contribution in [0.25, 0.3) is 0 Å². The zero-order valence-electron chi connectivity index (χ0n) is 11.9. The van der Waals surface area contributed by atoms with Crippen LogP contribution < -0.4 is 10.5 Å². The molecule has 0 aromatic heterocycles. The molecule has 0 spiro atoms. The molecule has 3 rings (SSSR count). The summed E-state index contributed by atoms with van der Waals surface area (Å²) in [6.07, 6.45) is 2.72. The van der Waals surface area contributed by atoms with Crippen LogP contribution in [-0.2, 0) is 18.4 Å². The maximum Gasteiger partial charge on any atom is 0.127 e. The van der Waals surface area contributed by atoms with E-state index in [-0.39, 0.29) is 5.54 Å². The van der Waals surface area contributed by atoms with E-state index in [9.17, 15) is 0 Å². The third-order valence-corrected chi connectivity index (χ3v) is 4.24. The van der Waals surface area contributed by atoms with Gasteiger partial charge >= 0.3 is 0 Å². The topological polar surface area (TPSA) is 35.2 Å². The van der Waals surface area contributed by atoms with Crippen LogP contribution in [0.15, 0.2) is 48.5 Å². The van der Waals surface area contributed by atoms with Gasteiger partial charge in [-0.25, -0.2) is 0 Å². The fourth-order valence-electron chi connectivity index (χ4n) is 2.98. The van der Waals surface area contributed by atoms with E-state index in [2.05, 4.69) is 49.4 Å². The van der Waals surface area contributed by atoms with Gasteiger partial charge in [0.05, 0.1) is 6.61 Å². The fourth-order valence-corrected chi connectivity index (χ4v) is 2.98. The quantitative estimate of drug-likeness (QED) is 0.921. The van der Waals surface area contributed by atoms with Crippen LogP contribution in [0.2, 0.25) is 0 Å². The lowest BCUT2D eigenvalue weighted by Gasteiger charge is -2.30. The zero-order valence-corrected chi connectivity index (χ0v) is 11.9. The van der Waals surface area contributed by atoms with Crippen molar-refractivity contribution < 1.29 is 4.74 Å². The maximum absolute atomic E-state index is 6.74. The Kier molecular flexibility index (Phi) is 3.49. The molecular weight excluding hydrogens is 246 g/mol. The van der Waals surface area contributed by atoms with Crippen molar-refractivity contribution in [1.82, 2.24) is 0 Å². The Balaban J connectivity index is 1.99. The SMILES string of the molecule is CCC(N)(Cc1ccccc1)c1cccc2c1OCC2. The Bertz CT molecular complexity index is 594. The molecule has 1 aliphatic heterocycles. The highest BCUT2D eigenvalue weighted by atomic mass is 16.5. The second-order valence-corrected chi connectivity index (χ2v) is 5.56. The molecule has 2 aromatic carbocycles. The predicted octanol–water partition coefficient (Wildman–Crippen LogP) is 3.43. The summed E-state index contributed by atoms with van der Waals surface area (Å²) in [5, 5.41) is 0. The third-order valence-electron chi connectivity index (χ3n) is 4.24. The van der Waals surface area contributed by atoms with E-state index in [1.807, 2.05) is 6.07 Å². The van der Waals surface area contributed by atoms with Crippen LogP contribution in [0.4, 0.5) is 0 Å². The van der Waals surface area contributed by atoms with Crippen molar-refractivity contribution in [2.45, 2.75) is 31.7 Å². The molecular formula is C18H21NO. The first-order valence-electron chi connectivity index (χ1n) is 7.31. The molecule has 0 saturated carbocycles. The minimum absolute atomic E-state index is 0.364.